The molecule has 1 aromatic heterocycles. The number of halogens is 1. The van der Waals surface area contributed by atoms with E-state index in [1.54, 1.807) is 11.3 Å². The van der Waals surface area contributed by atoms with Crippen LogP contribution in [0, 0.1) is 6.92 Å². The molecule has 1 aliphatic heterocycles. The number of aliphatic imine (C=N–C) groups is 1. The summed E-state index contributed by atoms with van der Waals surface area (Å²) in [6, 6.07) is 8.17. The Morgan fingerprint density at radius 2 is 2.26 bits per heavy atom. The molecule has 1 aromatic carbocycles. The Balaban J connectivity index is 0.00000192. The number of hydrogen-bond acceptors (Lipinski definition) is 5. The van der Waals surface area contributed by atoms with Crippen molar-refractivity contribution in [3.8, 4) is 5.75 Å². The second-order valence-corrected chi connectivity index (χ2v) is 6.37. The van der Waals surface area contributed by atoms with E-state index in [0.717, 1.165) is 34.2 Å². The predicted octanol–water partition coefficient (Wildman–Crippen LogP) is 2.44. The van der Waals surface area contributed by atoms with Gasteiger partial charge in [-0.25, -0.2) is 0 Å². The zero-order valence-corrected chi connectivity index (χ0v) is 16.0. The highest BCUT2D eigenvalue weighted by molar-refractivity contribution is 14.0. The smallest absolute Gasteiger partial charge is 0.189 e. The molecule has 0 spiro atoms. The topological polar surface area (TPSA) is 85.4 Å². The molecule has 8 heteroatoms. The maximum atomic E-state index is 6.00. The number of nitrogens with two attached hydrogens (primary N) is 1. The normalized spacial score (nSPS) is 16.9. The summed E-state index contributed by atoms with van der Waals surface area (Å²) in [6.07, 6.45) is 1.64. The van der Waals surface area contributed by atoms with Crippen LogP contribution in [0.3, 0.4) is 0 Å². The SMILES string of the molecule is Cc1nnc(CCN=C(N)NC2CCOc3ccccc32)s1.I. The monoisotopic (exact) mass is 445 g/mol. The number of nitrogens with zero attached hydrogens (tertiary/aromatic N) is 3. The average molecular weight is 445 g/mol. The number of benzene rings is 1. The fourth-order valence-corrected chi connectivity index (χ4v) is 3.12. The van der Waals surface area contributed by atoms with Gasteiger partial charge in [-0.15, -0.1) is 45.5 Å². The Labute approximate surface area is 156 Å². The molecule has 6 nitrogen and oxygen atoms in total. The van der Waals surface area contributed by atoms with Gasteiger partial charge in [0.05, 0.1) is 12.6 Å². The lowest BCUT2D eigenvalue weighted by atomic mass is 10.0. The van der Waals surface area contributed by atoms with Gasteiger partial charge in [-0.3, -0.25) is 4.99 Å². The second kappa shape index (κ2) is 8.44. The summed E-state index contributed by atoms with van der Waals surface area (Å²) in [5.74, 6) is 1.38. The van der Waals surface area contributed by atoms with Crippen molar-refractivity contribution in [1.82, 2.24) is 15.5 Å². The fourth-order valence-electron chi connectivity index (χ4n) is 2.43. The number of para-hydroxylation sites is 1. The highest BCUT2D eigenvalue weighted by atomic mass is 127. The van der Waals surface area contributed by atoms with Crippen LogP contribution in [-0.4, -0.2) is 29.3 Å². The quantitative estimate of drug-likeness (QED) is 0.429. The van der Waals surface area contributed by atoms with Gasteiger partial charge in [0.2, 0.25) is 0 Å². The lowest BCUT2D eigenvalue weighted by molar-refractivity contribution is 0.262. The first-order chi connectivity index (χ1) is 10.7. The number of ether oxygens (including phenoxy) is 1. The van der Waals surface area contributed by atoms with E-state index in [-0.39, 0.29) is 30.0 Å². The van der Waals surface area contributed by atoms with Crippen LogP contribution in [0.5, 0.6) is 5.75 Å². The van der Waals surface area contributed by atoms with Crippen LogP contribution in [0.25, 0.3) is 0 Å². The average Bonchev–Trinajstić information content (AvgIpc) is 2.93. The third kappa shape index (κ3) is 4.77. The van der Waals surface area contributed by atoms with Crippen molar-refractivity contribution in [2.45, 2.75) is 25.8 Å². The summed E-state index contributed by atoms with van der Waals surface area (Å²) >= 11 is 1.60. The summed E-state index contributed by atoms with van der Waals surface area (Å²) in [6.45, 7) is 3.24. The summed E-state index contributed by atoms with van der Waals surface area (Å²) < 4.78 is 5.64. The highest BCUT2D eigenvalue weighted by Gasteiger charge is 2.21. The Bertz CT molecular complexity index is 675. The van der Waals surface area contributed by atoms with E-state index in [9.17, 15) is 0 Å². The Kier molecular flexibility index (Phi) is 6.58. The maximum absolute atomic E-state index is 6.00. The minimum absolute atomic E-state index is 0. The zero-order valence-electron chi connectivity index (χ0n) is 12.9. The largest absolute Gasteiger partial charge is 0.493 e. The van der Waals surface area contributed by atoms with Crippen molar-refractivity contribution >= 4 is 41.3 Å². The van der Waals surface area contributed by atoms with Gasteiger partial charge in [-0.05, 0) is 13.0 Å². The van der Waals surface area contributed by atoms with Gasteiger partial charge < -0.3 is 15.8 Å². The number of aryl methyl sites for hydroxylation is 1. The molecule has 1 atom stereocenters. The molecule has 2 aromatic rings. The molecule has 2 heterocycles. The van der Waals surface area contributed by atoms with Crippen LogP contribution >= 0.6 is 35.3 Å². The Morgan fingerprint density at radius 3 is 3.04 bits per heavy atom. The van der Waals surface area contributed by atoms with Crippen LogP contribution in [0.2, 0.25) is 0 Å². The molecule has 1 aliphatic rings. The molecule has 0 bridgehead atoms. The van der Waals surface area contributed by atoms with Crippen molar-refractivity contribution in [3.05, 3.63) is 39.8 Å². The van der Waals surface area contributed by atoms with Crippen molar-refractivity contribution in [2.24, 2.45) is 10.7 Å². The first-order valence-electron chi connectivity index (χ1n) is 7.29. The second-order valence-electron chi connectivity index (χ2n) is 5.10. The molecule has 0 radical (unpaired) electrons. The van der Waals surface area contributed by atoms with Crippen molar-refractivity contribution in [1.29, 1.82) is 0 Å². The molecule has 23 heavy (non-hydrogen) atoms. The molecule has 0 fully saturated rings. The number of rotatable bonds is 4. The van der Waals surface area contributed by atoms with E-state index in [2.05, 4.69) is 26.6 Å². The van der Waals surface area contributed by atoms with Crippen molar-refractivity contribution < 1.29 is 4.74 Å². The van der Waals surface area contributed by atoms with E-state index in [1.165, 1.54) is 0 Å². The molecular weight excluding hydrogens is 425 g/mol. The van der Waals surface area contributed by atoms with Crippen LogP contribution in [-0.2, 0) is 6.42 Å². The summed E-state index contributed by atoms with van der Waals surface area (Å²) in [4.78, 5) is 4.38. The summed E-state index contributed by atoms with van der Waals surface area (Å²) in [7, 11) is 0. The predicted molar refractivity (Wildman–Crippen MR) is 103 cm³/mol. The molecule has 0 saturated heterocycles. The van der Waals surface area contributed by atoms with Gasteiger partial charge in [0, 0.05) is 24.9 Å². The minimum atomic E-state index is 0. The van der Waals surface area contributed by atoms with E-state index < -0.39 is 0 Å². The molecule has 3 N–H and O–H groups in total. The molecule has 124 valence electrons. The Hall–Kier alpha value is -1.42. The first kappa shape index (κ1) is 17.9. The highest BCUT2D eigenvalue weighted by Crippen LogP contribution is 2.31. The van der Waals surface area contributed by atoms with E-state index in [1.807, 2.05) is 25.1 Å². The standard InChI is InChI=1S/C15H19N5OS.HI/c1-10-19-20-14(22-10)6-8-17-15(16)18-12-7-9-21-13-5-3-2-4-11(12)13;/h2-5,12H,6-9H2,1H3,(H3,16,17,18);1H. The molecule has 1 unspecified atom stereocenters. The van der Waals surface area contributed by atoms with E-state index in [0.29, 0.717) is 19.1 Å². The van der Waals surface area contributed by atoms with Crippen molar-refractivity contribution in [2.75, 3.05) is 13.2 Å². The zero-order chi connectivity index (χ0) is 15.4. The van der Waals surface area contributed by atoms with Gasteiger partial charge in [-0.1, -0.05) is 18.2 Å². The van der Waals surface area contributed by atoms with Crippen molar-refractivity contribution in [3.63, 3.8) is 0 Å². The molecule has 0 amide bonds. The minimum Gasteiger partial charge on any atom is -0.493 e. The van der Waals surface area contributed by atoms with Gasteiger partial charge in [0.1, 0.15) is 15.8 Å². The molecule has 0 saturated carbocycles. The third-order valence-electron chi connectivity index (χ3n) is 3.46. The van der Waals surface area contributed by atoms with Gasteiger partial charge in [0.25, 0.3) is 0 Å². The number of aromatic nitrogens is 2. The van der Waals surface area contributed by atoms with E-state index >= 15 is 0 Å². The van der Waals surface area contributed by atoms with Crippen LogP contribution in [0.4, 0.5) is 0 Å². The summed E-state index contributed by atoms with van der Waals surface area (Å²) in [5, 5.41) is 13.3. The fraction of sp³-hybridized carbons (Fsp3) is 0.400. The summed E-state index contributed by atoms with van der Waals surface area (Å²) in [5.41, 5.74) is 7.13. The van der Waals surface area contributed by atoms with Crippen LogP contribution in [0.15, 0.2) is 29.3 Å². The van der Waals surface area contributed by atoms with Gasteiger partial charge >= 0.3 is 0 Å². The first-order valence-corrected chi connectivity index (χ1v) is 8.11. The molecule has 3 rings (SSSR count). The number of nitrogens with one attached hydrogen (secondary N) is 1. The van der Waals surface area contributed by atoms with Crippen LogP contribution < -0.4 is 15.8 Å². The lowest BCUT2D eigenvalue weighted by Gasteiger charge is -2.26. The number of fused-ring (bicyclic) bond motifs is 1. The lowest BCUT2D eigenvalue weighted by Crippen LogP contribution is -2.37. The number of hydrogen-bond donors (Lipinski definition) is 2. The number of guanidine groups is 1. The van der Waals surface area contributed by atoms with Gasteiger partial charge in [-0.2, -0.15) is 0 Å². The Morgan fingerprint density at radius 1 is 1.43 bits per heavy atom. The van der Waals surface area contributed by atoms with Gasteiger partial charge in [0.15, 0.2) is 5.96 Å². The van der Waals surface area contributed by atoms with E-state index in [4.69, 9.17) is 10.5 Å². The van der Waals surface area contributed by atoms with Crippen LogP contribution in [0.1, 0.15) is 28.0 Å². The maximum Gasteiger partial charge on any atom is 0.189 e. The molecule has 0 aliphatic carbocycles. The molecular formula is C15H20IN5OS. The third-order valence-corrected chi connectivity index (χ3v) is 4.35.